The highest BCUT2D eigenvalue weighted by Crippen LogP contribution is 2.19. The number of carbonyl (C=O) groups is 1. The summed E-state index contributed by atoms with van der Waals surface area (Å²) in [6.07, 6.45) is -13.0. The van der Waals surface area contributed by atoms with Crippen molar-refractivity contribution in [2.75, 3.05) is 13.2 Å². The van der Waals surface area contributed by atoms with Crippen LogP contribution in [0, 0.1) is 19.9 Å². The van der Waals surface area contributed by atoms with Crippen LogP contribution in [0.3, 0.4) is 0 Å². The Bertz CT molecular complexity index is 440. The van der Waals surface area contributed by atoms with Crippen LogP contribution in [-0.2, 0) is 14.3 Å². The molecule has 0 aromatic carbocycles. The molecule has 0 aromatic rings. The number of esters is 1. The number of aliphatic hydroxyl groups is 9. The fourth-order valence-electron chi connectivity index (χ4n) is 2.06. The highest BCUT2D eigenvalue weighted by atomic mass is 17.0. The Morgan fingerprint density at radius 3 is 1.10 bits per heavy atom. The van der Waals surface area contributed by atoms with Crippen LogP contribution in [0.25, 0.3) is 0 Å². The third-order valence-corrected chi connectivity index (χ3v) is 3.61. The second kappa shape index (κ2) is 50.8. The number of hydrogen-bond donors (Lipinski definition) is 15. The number of aliphatic hydroxyl groups excluding tert-OH is 9. The highest BCUT2D eigenvalue weighted by Gasteiger charge is 2.43. The fraction of sp³-hybridized carbons (Fsp3) is 0.941. The third-order valence-electron chi connectivity index (χ3n) is 3.61. The van der Waals surface area contributed by atoms with Crippen LogP contribution < -0.4 is 0 Å². The first-order valence-electron chi connectivity index (χ1n) is 7.93. The van der Waals surface area contributed by atoms with E-state index in [9.17, 15) is 4.79 Å². The van der Waals surface area contributed by atoms with Crippen molar-refractivity contribution in [2.45, 2.75) is 92.3 Å². The molecule has 2 aliphatic heterocycles. The van der Waals surface area contributed by atoms with Gasteiger partial charge in [-0.15, -0.1) is 0 Å². The summed E-state index contributed by atoms with van der Waals surface area (Å²) in [5.41, 5.74) is 0. The number of ether oxygens (including phenoxy) is 2. The summed E-state index contributed by atoms with van der Waals surface area (Å²) in [6.45, 7) is -1.11. The van der Waals surface area contributed by atoms with Crippen molar-refractivity contribution in [3.8, 4) is 0 Å². The summed E-state index contributed by atoms with van der Waals surface area (Å²) >= 11 is 0. The number of cyclic esters (lactones) is 1. The summed E-state index contributed by atoms with van der Waals surface area (Å²) in [6, 6.07) is 0. The molecule has 2 saturated heterocycles. The van der Waals surface area contributed by atoms with Crippen molar-refractivity contribution >= 4 is 5.97 Å². The van der Waals surface area contributed by atoms with Crippen molar-refractivity contribution in [3.63, 3.8) is 0 Å². The normalized spacial score (nSPS) is 27.5. The number of carbonyl (C=O) groups excluding carboxylic acids is 1. The standard InChI is InChI=1S/C6H12O6.C6H10O6.5CH4.3H2O2.2O2.2H2O/c2*7-1-2-3(8)4(9)5(10)6(11)12-2;;;;;;5*1-2;;/h2-11H,1H2;2-5,7-10H,1H2;5*1H4;3*1-2H;;;2*1H2. The van der Waals surface area contributed by atoms with Gasteiger partial charge < -0.3 is 66.4 Å². The third kappa shape index (κ3) is 27.9. The van der Waals surface area contributed by atoms with Gasteiger partial charge in [-0.2, -0.15) is 0 Å². The molecule has 24 heteroatoms. The lowest BCUT2D eigenvalue weighted by Crippen LogP contribution is -2.58. The monoisotopic (exact) mass is 640 g/mol. The van der Waals surface area contributed by atoms with Gasteiger partial charge in [-0.1, -0.05) is 37.1 Å². The summed E-state index contributed by atoms with van der Waals surface area (Å²) in [5.74, 6) is -1.04. The zero-order valence-corrected chi connectivity index (χ0v) is 17.7. The van der Waals surface area contributed by atoms with Crippen molar-refractivity contribution in [1.29, 1.82) is 0 Å². The number of rotatable bonds is 2. The second-order valence-electron chi connectivity index (χ2n) is 5.30. The summed E-state index contributed by atoms with van der Waals surface area (Å²) in [4.78, 5) is 38.7. The molecule has 264 valence electrons. The highest BCUT2D eigenvalue weighted by molar-refractivity contribution is 5.76. The Labute approximate surface area is 235 Å². The molecule has 0 bridgehead atoms. The average molecular weight is 641 g/mol. The van der Waals surface area contributed by atoms with E-state index in [0.29, 0.717) is 0 Å². The summed E-state index contributed by atoms with van der Waals surface area (Å²) in [7, 11) is 0. The molecule has 9 unspecified atom stereocenters. The Balaban J connectivity index is -0.0000000277. The Kier molecular flexibility index (Phi) is 95.6. The van der Waals surface area contributed by atoms with E-state index in [0.717, 1.165) is 0 Å². The van der Waals surface area contributed by atoms with Gasteiger partial charge in [0, 0.05) is 19.9 Å². The van der Waals surface area contributed by atoms with Gasteiger partial charge in [-0.3, -0.25) is 31.5 Å². The van der Waals surface area contributed by atoms with Crippen LogP contribution in [0.5, 0.6) is 0 Å². The first kappa shape index (κ1) is 77.2. The van der Waals surface area contributed by atoms with Crippen LogP contribution in [0.2, 0.25) is 0 Å². The lowest BCUT2D eigenvalue weighted by atomic mass is 10.00. The van der Waals surface area contributed by atoms with Gasteiger partial charge in [0.25, 0.3) is 0 Å². The maximum absolute atomic E-state index is 10.7. The smallest absolute Gasteiger partial charge is 0.338 e. The predicted molar refractivity (Wildman–Crippen MR) is 141 cm³/mol. The first-order valence-corrected chi connectivity index (χ1v) is 7.93. The predicted octanol–water partition coefficient (Wildman–Crippen LogP) is -4.52. The van der Waals surface area contributed by atoms with E-state index in [4.69, 9.17) is 97.4 Å². The van der Waals surface area contributed by atoms with Gasteiger partial charge in [0.15, 0.2) is 18.5 Å². The van der Waals surface area contributed by atoms with Crippen LogP contribution in [0.4, 0.5) is 0 Å². The maximum Gasteiger partial charge on any atom is 0.338 e. The van der Waals surface area contributed by atoms with Crippen LogP contribution in [0.15, 0.2) is 0 Å². The molecule has 0 aromatic heterocycles. The lowest BCUT2D eigenvalue weighted by Gasteiger charge is -2.37. The van der Waals surface area contributed by atoms with Gasteiger partial charge in [0.1, 0.15) is 36.6 Å². The van der Waals surface area contributed by atoms with E-state index in [1.165, 1.54) is 0 Å². The molecule has 0 radical (unpaired) electrons. The molecule has 41 heavy (non-hydrogen) atoms. The summed E-state index contributed by atoms with van der Waals surface area (Å²) in [5, 5.41) is 116. The van der Waals surface area contributed by atoms with E-state index >= 15 is 0 Å². The number of hydrogen-bond acceptors (Lipinski definition) is 22. The van der Waals surface area contributed by atoms with Gasteiger partial charge in [-0.05, 0) is 0 Å². The molecule has 2 aliphatic rings. The molecule has 0 spiro atoms. The van der Waals surface area contributed by atoms with Crippen LogP contribution >= 0.6 is 0 Å². The Hall–Kier alpha value is -2.05. The Morgan fingerprint density at radius 2 is 0.805 bits per heavy atom. The van der Waals surface area contributed by atoms with E-state index in [1.807, 2.05) is 0 Å². The molecule has 2 rings (SSSR count). The van der Waals surface area contributed by atoms with E-state index in [1.54, 1.807) is 0 Å². The molecule has 0 aliphatic carbocycles. The van der Waals surface area contributed by atoms with Gasteiger partial charge in [0.2, 0.25) is 0 Å². The minimum absolute atomic E-state index is 0. The van der Waals surface area contributed by atoms with Crippen LogP contribution in [0.1, 0.15) is 37.1 Å². The fourth-order valence-corrected chi connectivity index (χ4v) is 2.06. The minimum atomic E-state index is -1.73. The molecule has 2 fully saturated rings. The van der Waals surface area contributed by atoms with Crippen molar-refractivity contribution < 1.29 is 103 Å². The largest absolute Gasteiger partial charge is 0.455 e. The van der Waals surface area contributed by atoms with E-state index in [-0.39, 0.29) is 48.1 Å². The Morgan fingerprint density at radius 1 is 0.512 bits per heavy atom. The molecule has 19 N–H and O–H groups in total. The average Bonchev–Trinajstić information content (AvgIpc) is 2.92. The molecular formula is C17H52O24. The van der Waals surface area contributed by atoms with Gasteiger partial charge in [-0.25, -0.2) is 4.79 Å². The zero-order valence-electron chi connectivity index (χ0n) is 17.7. The summed E-state index contributed by atoms with van der Waals surface area (Å²) < 4.78 is 8.96. The molecular weight excluding hydrogens is 588 g/mol. The SMILES string of the molecule is C.C.C.C.C.O.O.O=C1OC(CO)C(O)C(O)C1O.O=O.O=O.OCC1OC(O)C(O)C(O)C1O.OO.OO.OO. The molecule has 9 atom stereocenters. The molecule has 0 amide bonds. The van der Waals surface area contributed by atoms with Crippen molar-refractivity contribution in [1.82, 2.24) is 0 Å². The van der Waals surface area contributed by atoms with Crippen molar-refractivity contribution in [2.24, 2.45) is 0 Å². The molecule has 2 heterocycles. The van der Waals surface area contributed by atoms with Crippen LogP contribution in [-0.4, -0.2) is 163 Å². The van der Waals surface area contributed by atoms with Gasteiger partial charge >= 0.3 is 5.97 Å². The minimum Gasteiger partial charge on any atom is -0.455 e. The maximum atomic E-state index is 10.7. The second-order valence-corrected chi connectivity index (χ2v) is 5.30. The molecule has 24 nitrogen and oxygen atoms in total. The topological polar surface area (TPSA) is 470 Å². The van der Waals surface area contributed by atoms with E-state index < -0.39 is 74.3 Å². The molecule has 0 saturated carbocycles. The lowest BCUT2D eigenvalue weighted by molar-refractivity contribution is -0.286. The first-order chi connectivity index (χ1) is 16.1. The zero-order chi connectivity index (χ0) is 28.6. The quantitative estimate of drug-likeness (QED) is 0.0767. The van der Waals surface area contributed by atoms with Crippen molar-refractivity contribution in [3.05, 3.63) is 19.9 Å². The van der Waals surface area contributed by atoms with Gasteiger partial charge in [0.05, 0.1) is 13.2 Å². The van der Waals surface area contributed by atoms with E-state index in [2.05, 4.69) is 9.47 Å².